The summed E-state index contributed by atoms with van der Waals surface area (Å²) in [5.74, 6) is 1.88. The van der Waals surface area contributed by atoms with Gasteiger partial charge in [0.25, 0.3) is 0 Å². The number of hydrogen-bond acceptors (Lipinski definition) is 3. The number of methoxy groups -OCH3 is 1. The van der Waals surface area contributed by atoms with Crippen molar-refractivity contribution in [2.75, 3.05) is 27.2 Å². The maximum Gasteiger partial charge on any atom is 0.191 e. The van der Waals surface area contributed by atoms with E-state index in [1.54, 1.807) is 20.2 Å². The van der Waals surface area contributed by atoms with Gasteiger partial charge in [-0.15, -0.1) is 0 Å². The fraction of sp³-hybridized carbons (Fsp3) is 0.318. The molecule has 1 heterocycles. The quantitative estimate of drug-likeness (QED) is 0.401. The summed E-state index contributed by atoms with van der Waals surface area (Å²) in [7, 11) is 3.36. The summed E-state index contributed by atoms with van der Waals surface area (Å²) in [4.78, 5) is 7.36. The molecule has 2 aromatic carbocycles. The van der Waals surface area contributed by atoms with Crippen molar-refractivity contribution in [1.29, 1.82) is 0 Å². The first kappa shape index (κ1) is 20.5. The molecule has 0 aliphatic carbocycles. The standard InChI is InChI=1S/C22H27FN4O2/c1-15(29-21-7-5-4-6-20(21)28-3)13-27-22(24-2)25-11-10-16-14-26-19-12-17(23)8-9-18(16)19/h4-9,12,14-15,26H,10-11,13H2,1-3H3,(H2,24,25,27). The van der Waals surface area contributed by atoms with E-state index in [-0.39, 0.29) is 11.9 Å². The molecule has 0 saturated carbocycles. The molecule has 3 N–H and O–H groups in total. The first-order chi connectivity index (χ1) is 14.1. The molecule has 0 aliphatic rings. The van der Waals surface area contributed by atoms with Crippen LogP contribution in [-0.4, -0.2) is 44.3 Å². The monoisotopic (exact) mass is 398 g/mol. The summed E-state index contributed by atoms with van der Waals surface area (Å²) in [6.07, 6.45) is 2.64. The van der Waals surface area contributed by atoms with E-state index >= 15 is 0 Å². The van der Waals surface area contributed by atoms with Gasteiger partial charge in [-0.3, -0.25) is 4.99 Å². The minimum atomic E-state index is -0.238. The lowest BCUT2D eigenvalue weighted by Gasteiger charge is -2.19. The summed E-state index contributed by atoms with van der Waals surface area (Å²) in [6, 6.07) is 12.4. The third-order valence-corrected chi connectivity index (χ3v) is 4.59. The summed E-state index contributed by atoms with van der Waals surface area (Å²) in [6.45, 7) is 3.27. The lowest BCUT2D eigenvalue weighted by Crippen LogP contribution is -2.42. The second-order valence-corrected chi connectivity index (χ2v) is 6.71. The van der Waals surface area contributed by atoms with Gasteiger partial charge in [-0.05, 0) is 49.2 Å². The molecule has 6 nitrogen and oxygen atoms in total. The number of aromatic nitrogens is 1. The predicted molar refractivity (Wildman–Crippen MR) is 114 cm³/mol. The molecule has 0 fully saturated rings. The third-order valence-electron chi connectivity index (χ3n) is 4.59. The number of benzene rings is 2. The Kier molecular flexibility index (Phi) is 6.94. The maximum atomic E-state index is 13.3. The summed E-state index contributed by atoms with van der Waals surface area (Å²) in [5, 5.41) is 7.60. The highest BCUT2D eigenvalue weighted by Gasteiger charge is 2.10. The first-order valence-electron chi connectivity index (χ1n) is 9.60. The van der Waals surface area contributed by atoms with E-state index in [0.29, 0.717) is 30.5 Å². The Morgan fingerprint density at radius 1 is 1.17 bits per heavy atom. The number of aliphatic imine (C=N–C) groups is 1. The molecule has 0 radical (unpaired) electrons. The number of nitrogens with zero attached hydrogens (tertiary/aromatic N) is 1. The molecular weight excluding hydrogens is 371 g/mol. The van der Waals surface area contributed by atoms with Crippen molar-refractivity contribution in [1.82, 2.24) is 15.6 Å². The van der Waals surface area contributed by atoms with Crippen LogP contribution in [0.25, 0.3) is 10.9 Å². The van der Waals surface area contributed by atoms with Crippen molar-refractivity contribution in [3.8, 4) is 11.5 Å². The zero-order valence-corrected chi connectivity index (χ0v) is 17.0. The molecule has 0 aliphatic heterocycles. The molecule has 29 heavy (non-hydrogen) atoms. The topological polar surface area (TPSA) is 70.7 Å². The minimum Gasteiger partial charge on any atom is -0.493 e. The fourth-order valence-corrected chi connectivity index (χ4v) is 3.12. The van der Waals surface area contributed by atoms with E-state index in [9.17, 15) is 4.39 Å². The van der Waals surface area contributed by atoms with Crippen LogP contribution in [0.15, 0.2) is 53.7 Å². The highest BCUT2D eigenvalue weighted by Crippen LogP contribution is 2.26. The van der Waals surface area contributed by atoms with Gasteiger partial charge in [0.2, 0.25) is 0 Å². The number of H-pyrrole nitrogens is 1. The molecule has 0 saturated heterocycles. The van der Waals surface area contributed by atoms with Gasteiger partial charge in [-0.2, -0.15) is 0 Å². The summed E-state index contributed by atoms with van der Waals surface area (Å²) < 4.78 is 24.6. The zero-order valence-electron chi connectivity index (χ0n) is 17.0. The number of ether oxygens (including phenoxy) is 2. The highest BCUT2D eigenvalue weighted by atomic mass is 19.1. The Morgan fingerprint density at radius 2 is 1.97 bits per heavy atom. The Labute approximate surface area is 170 Å². The molecule has 1 unspecified atom stereocenters. The number of para-hydroxylation sites is 2. The van der Waals surface area contributed by atoms with Gasteiger partial charge in [-0.25, -0.2) is 4.39 Å². The van der Waals surface area contributed by atoms with Crippen LogP contribution in [0.2, 0.25) is 0 Å². The van der Waals surface area contributed by atoms with Crippen molar-refractivity contribution in [3.05, 3.63) is 60.0 Å². The second kappa shape index (κ2) is 9.82. The van der Waals surface area contributed by atoms with Crippen LogP contribution in [0.3, 0.4) is 0 Å². The van der Waals surface area contributed by atoms with Gasteiger partial charge >= 0.3 is 0 Å². The number of nitrogens with one attached hydrogen (secondary N) is 3. The van der Waals surface area contributed by atoms with Crippen molar-refractivity contribution in [2.45, 2.75) is 19.4 Å². The molecule has 0 amide bonds. The van der Waals surface area contributed by atoms with Gasteiger partial charge in [0.1, 0.15) is 11.9 Å². The van der Waals surface area contributed by atoms with Gasteiger partial charge < -0.3 is 25.1 Å². The van der Waals surface area contributed by atoms with Crippen molar-refractivity contribution in [2.24, 2.45) is 4.99 Å². The van der Waals surface area contributed by atoms with Crippen LogP contribution in [0.4, 0.5) is 4.39 Å². The number of fused-ring (bicyclic) bond motifs is 1. The number of aromatic amines is 1. The number of rotatable bonds is 8. The van der Waals surface area contributed by atoms with Crippen LogP contribution in [0.5, 0.6) is 11.5 Å². The Balaban J connectivity index is 1.46. The maximum absolute atomic E-state index is 13.3. The van der Waals surface area contributed by atoms with E-state index < -0.39 is 0 Å². The Bertz CT molecular complexity index is 970. The van der Waals surface area contributed by atoms with Crippen LogP contribution < -0.4 is 20.1 Å². The first-order valence-corrected chi connectivity index (χ1v) is 9.60. The Hall–Kier alpha value is -3.22. The molecule has 1 aromatic heterocycles. The zero-order chi connectivity index (χ0) is 20.6. The van der Waals surface area contributed by atoms with Crippen molar-refractivity contribution < 1.29 is 13.9 Å². The van der Waals surface area contributed by atoms with E-state index in [2.05, 4.69) is 20.6 Å². The van der Waals surface area contributed by atoms with Crippen LogP contribution >= 0.6 is 0 Å². The van der Waals surface area contributed by atoms with Crippen LogP contribution in [0.1, 0.15) is 12.5 Å². The normalized spacial score (nSPS) is 12.6. The summed E-state index contributed by atoms with van der Waals surface area (Å²) in [5.41, 5.74) is 1.95. The SMILES string of the molecule is CN=C(NCCc1c[nH]c2cc(F)ccc12)NCC(C)Oc1ccccc1OC. The van der Waals surface area contributed by atoms with Crippen LogP contribution in [-0.2, 0) is 6.42 Å². The molecule has 0 spiro atoms. The highest BCUT2D eigenvalue weighted by molar-refractivity contribution is 5.83. The molecule has 1 atom stereocenters. The van der Waals surface area contributed by atoms with Crippen molar-refractivity contribution in [3.63, 3.8) is 0 Å². The van der Waals surface area contributed by atoms with Gasteiger partial charge in [0, 0.05) is 30.7 Å². The van der Waals surface area contributed by atoms with Gasteiger partial charge in [-0.1, -0.05) is 12.1 Å². The average molecular weight is 398 g/mol. The molecule has 7 heteroatoms. The predicted octanol–water partition coefficient (Wildman–Crippen LogP) is 3.49. The lowest BCUT2D eigenvalue weighted by molar-refractivity contribution is 0.213. The number of hydrogen-bond donors (Lipinski definition) is 3. The van der Waals surface area contributed by atoms with E-state index in [4.69, 9.17) is 9.47 Å². The van der Waals surface area contributed by atoms with Gasteiger partial charge in [0.15, 0.2) is 17.5 Å². The number of halogens is 1. The fourth-order valence-electron chi connectivity index (χ4n) is 3.12. The van der Waals surface area contributed by atoms with Crippen LogP contribution in [0, 0.1) is 5.82 Å². The van der Waals surface area contributed by atoms with E-state index in [0.717, 1.165) is 22.9 Å². The smallest absolute Gasteiger partial charge is 0.191 e. The summed E-state index contributed by atoms with van der Waals surface area (Å²) >= 11 is 0. The second-order valence-electron chi connectivity index (χ2n) is 6.71. The largest absolute Gasteiger partial charge is 0.493 e. The van der Waals surface area contributed by atoms with Gasteiger partial charge in [0.05, 0.1) is 13.7 Å². The Morgan fingerprint density at radius 3 is 2.72 bits per heavy atom. The van der Waals surface area contributed by atoms with E-state index in [1.165, 1.54) is 12.1 Å². The molecular formula is C22H27FN4O2. The molecule has 3 aromatic rings. The molecule has 0 bridgehead atoms. The molecule has 154 valence electrons. The van der Waals surface area contributed by atoms with E-state index in [1.807, 2.05) is 37.4 Å². The number of guanidine groups is 1. The average Bonchev–Trinajstić information content (AvgIpc) is 3.12. The van der Waals surface area contributed by atoms with Crippen molar-refractivity contribution >= 4 is 16.9 Å². The molecule has 3 rings (SSSR count). The lowest BCUT2D eigenvalue weighted by atomic mass is 10.1. The minimum absolute atomic E-state index is 0.0756. The third kappa shape index (κ3) is 5.40.